The van der Waals surface area contributed by atoms with E-state index in [0.717, 1.165) is 5.56 Å². The maximum Gasteiger partial charge on any atom is 0.166 e. The smallest absolute Gasteiger partial charge is 0.166 e. The molecule has 1 aromatic heterocycles. The van der Waals surface area contributed by atoms with Crippen LogP contribution in [0.25, 0.3) is 0 Å². The molecule has 6 heteroatoms. The zero-order valence-corrected chi connectivity index (χ0v) is 12.7. The fourth-order valence-electron chi connectivity index (χ4n) is 1.93. The molecule has 1 heterocycles. The minimum absolute atomic E-state index is 0.154. The van der Waals surface area contributed by atoms with E-state index < -0.39 is 5.82 Å². The topological polar surface area (TPSA) is 43.4 Å². The zero-order valence-electron chi connectivity index (χ0n) is 12.0. The fourth-order valence-corrected chi connectivity index (χ4v) is 2.08. The lowest BCUT2D eigenvalue weighted by Crippen LogP contribution is -2.09. The van der Waals surface area contributed by atoms with Crippen molar-refractivity contribution in [3.05, 3.63) is 46.9 Å². The number of pyridine rings is 1. The van der Waals surface area contributed by atoms with Crippen molar-refractivity contribution < 1.29 is 13.9 Å². The first kappa shape index (κ1) is 15.4. The monoisotopic (exact) mass is 310 g/mol. The highest BCUT2D eigenvalue weighted by Gasteiger charge is 2.13. The van der Waals surface area contributed by atoms with Crippen molar-refractivity contribution in [1.82, 2.24) is 4.98 Å². The van der Waals surface area contributed by atoms with Gasteiger partial charge in [-0.15, -0.1) is 0 Å². The number of methoxy groups -OCH3 is 2. The average Bonchev–Trinajstić information content (AvgIpc) is 2.49. The van der Waals surface area contributed by atoms with E-state index in [4.69, 9.17) is 21.1 Å². The lowest BCUT2D eigenvalue weighted by molar-refractivity contribution is 0.354. The molecule has 1 unspecified atom stereocenters. The van der Waals surface area contributed by atoms with Crippen LogP contribution in [0.2, 0.25) is 5.02 Å². The van der Waals surface area contributed by atoms with Gasteiger partial charge in [-0.05, 0) is 30.7 Å². The first-order valence-corrected chi connectivity index (χ1v) is 6.72. The quantitative estimate of drug-likeness (QED) is 0.904. The predicted molar refractivity (Wildman–Crippen MR) is 80.8 cm³/mol. The van der Waals surface area contributed by atoms with Crippen molar-refractivity contribution in [1.29, 1.82) is 0 Å². The van der Waals surface area contributed by atoms with Gasteiger partial charge in [0.2, 0.25) is 0 Å². The van der Waals surface area contributed by atoms with E-state index in [1.54, 1.807) is 20.3 Å². The Bertz CT molecular complexity index is 637. The molecule has 0 fully saturated rings. The number of nitrogens with one attached hydrogen (secondary N) is 1. The number of benzene rings is 1. The lowest BCUT2D eigenvalue weighted by atomic mass is 10.1. The van der Waals surface area contributed by atoms with Crippen LogP contribution in [0.4, 0.5) is 10.2 Å². The number of hydrogen-bond donors (Lipinski definition) is 1. The molecule has 1 aromatic carbocycles. The summed E-state index contributed by atoms with van der Waals surface area (Å²) in [6, 6.07) is 6.58. The summed E-state index contributed by atoms with van der Waals surface area (Å²) in [5.74, 6) is 0.925. The predicted octanol–water partition coefficient (Wildman–Crippen LogP) is 4.06. The van der Waals surface area contributed by atoms with E-state index in [2.05, 4.69) is 10.3 Å². The van der Waals surface area contributed by atoms with Crippen LogP contribution in [0.3, 0.4) is 0 Å². The number of ether oxygens (including phenoxy) is 2. The molecular weight excluding hydrogens is 295 g/mol. The molecule has 0 saturated heterocycles. The fraction of sp³-hybridized carbons (Fsp3) is 0.267. The molecule has 1 atom stereocenters. The number of hydrogen-bond acceptors (Lipinski definition) is 4. The Morgan fingerprint density at radius 1 is 1.19 bits per heavy atom. The summed E-state index contributed by atoms with van der Waals surface area (Å²) < 4.78 is 24.2. The third-order valence-corrected chi connectivity index (χ3v) is 3.28. The van der Waals surface area contributed by atoms with Crippen LogP contribution < -0.4 is 14.8 Å². The van der Waals surface area contributed by atoms with Crippen molar-refractivity contribution in [2.24, 2.45) is 0 Å². The number of rotatable bonds is 5. The van der Waals surface area contributed by atoms with Crippen LogP contribution in [0, 0.1) is 5.82 Å². The van der Waals surface area contributed by atoms with Gasteiger partial charge in [0, 0.05) is 6.20 Å². The Labute approximate surface area is 127 Å². The second-order valence-corrected chi connectivity index (χ2v) is 4.90. The molecule has 2 rings (SSSR count). The average molecular weight is 311 g/mol. The van der Waals surface area contributed by atoms with Crippen LogP contribution in [0.1, 0.15) is 18.5 Å². The molecule has 0 saturated carbocycles. The molecule has 0 aliphatic rings. The largest absolute Gasteiger partial charge is 0.493 e. The number of aromatic nitrogens is 1. The molecule has 4 nitrogen and oxygen atoms in total. The molecule has 21 heavy (non-hydrogen) atoms. The third kappa shape index (κ3) is 3.55. The second kappa shape index (κ2) is 6.63. The van der Waals surface area contributed by atoms with Crippen molar-refractivity contribution in [3.8, 4) is 11.5 Å². The summed E-state index contributed by atoms with van der Waals surface area (Å²) in [6.45, 7) is 1.90. The maximum atomic E-state index is 13.7. The normalized spacial score (nSPS) is 11.9. The van der Waals surface area contributed by atoms with E-state index in [-0.39, 0.29) is 16.9 Å². The molecule has 2 aromatic rings. The molecular formula is C15H16ClFN2O2. The summed E-state index contributed by atoms with van der Waals surface area (Å²) in [6.07, 6.45) is 1.40. The summed E-state index contributed by atoms with van der Waals surface area (Å²) in [5, 5.41) is 3.26. The van der Waals surface area contributed by atoms with E-state index in [1.165, 1.54) is 12.3 Å². The minimum Gasteiger partial charge on any atom is -0.493 e. The maximum absolute atomic E-state index is 13.7. The Morgan fingerprint density at radius 3 is 2.52 bits per heavy atom. The molecule has 0 spiro atoms. The van der Waals surface area contributed by atoms with E-state index in [1.807, 2.05) is 19.1 Å². The molecule has 0 aliphatic heterocycles. The highest BCUT2D eigenvalue weighted by atomic mass is 35.5. The van der Waals surface area contributed by atoms with Crippen molar-refractivity contribution >= 4 is 17.4 Å². The van der Waals surface area contributed by atoms with Crippen LogP contribution >= 0.6 is 11.6 Å². The van der Waals surface area contributed by atoms with Crippen molar-refractivity contribution in [2.45, 2.75) is 13.0 Å². The Kier molecular flexibility index (Phi) is 4.85. The van der Waals surface area contributed by atoms with E-state index in [9.17, 15) is 4.39 Å². The van der Waals surface area contributed by atoms with Crippen LogP contribution in [0.15, 0.2) is 30.5 Å². The lowest BCUT2D eigenvalue weighted by Gasteiger charge is -2.17. The zero-order chi connectivity index (χ0) is 15.4. The minimum atomic E-state index is -0.491. The Balaban J connectivity index is 2.21. The van der Waals surface area contributed by atoms with Gasteiger partial charge in [0.05, 0.1) is 25.3 Å². The number of halogens is 2. The van der Waals surface area contributed by atoms with Crippen LogP contribution in [-0.2, 0) is 0 Å². The van der Waals surface area contributed by atoms with Gasteiger partial charge in [-0.2, -0.15) is 0 Å². The number of nitrogens with zero attached hydrogens (tertiary/aromatic N) is 1. The summed E-state index contributed by atoms with van der Waals surface area (Å²) in [5.41, 5.74) is 0.920. The summed E-state index contributed by atoms with van der Waals surface area (Å²) >= 11 is 5.68. The summed E-state index contributed by atoms with van der Waals surface area (Å²) in [7, 11) is 3.15. The Hall–Kier alpha value is -2.01. The molecule has 112 valence electrons. The summed E-state index contributed by atoms with van der Waals surface area (Å²) in [4.78, 5) is 3.95. The van der Waals surface area contributed by atoms with Gasteiger partial charge < -0.3 is 14.8 Å². The molecule has 1 N–H and O–H groups in total. The van der Waals surface area contributed by atoms with Gasteiger partial charge >= 0.3 is 0 Å². The number of anilines is 1. The first-order valence-electron chi connectivity index (χ1n) is 6.34. The van der Waals surface area contributed by atoms with Gasteiger partial charge in [-0.25, -0.2) is 9.37 Å². The SMILES string of the molecule is COc1ccc(C(C)Nc2ncc(Cl)cc2F)cc1OC. The first-order chi connectivity index (χ1) is 10.0. The van der Waals surface area contributed by atoms with Gasteiger partial charge in [0.25, 0.3) is 0 Å². The van der Waals surface area contributed by atoms with Gasteiger partial charge in [-0.3, -0.25) is 0 Å². The standard InChI is InChI=1S/C15H16ClFN2O2/c1-9(19-15-12(17)7-11(16)8-18-15)10-4-5-13(20-2)14(6-10)21-3/h4-9H,1-3H3,(H,18,19). The third-order valence-electron chi connectivity index (χ3n) is 3.07. The Morgan fingerprint density at radius 2 is 1.90 bits per heavy atom. The van der Waals surface area contributed by atoms with Gasteiger partial charge in [0.1, 0.15) is 0 Å². The highest BCUT2D eigenvalue weighted by molar-refractivity contribution is 6.30. The van der Waals surface area contributed by atoms with Crippen LogP contribution in [0.5, 0.6) is 11.5 Å². The van der Waals surface area contributed by atoms with Crippen molar-refractivity contribution in [3.63, 3.8) is 0 Å². The van der Waals surface area contributed by atoms with Gasteiger partial charge in [-0.1, -0.05) is 17.7 Å². The van der Waals surface area contributed by atoms with E-state index >= 15 is 0 Å². The highest BCUT2D eigenvalue weighted by Crippen LogP contribution is 2.31. The van der Waals surface area contributed by atoms with E-state index in [0.29, 0.717) is 11.5 Å². The van der Waals surface area contributed by atoms with Crippen molar-refractivity contribution in [2.75, 3.05) is 19.5 Å². The second-order valence-electron chi connectivity index (χ2n) is 4.46. The van der Waals surface area contributed by atoms with Gasteiger partial charge in [0.15, 0.2) is 23.1 Å². The molecule has 0 radical (unpaired) electrons. The molecule has 0 amide bonds. The molecule has 0 bridgehead atoms. The molecule has 0 aliphatic carbocycles. The van der Waals surface area contributed by atoms with Crippen LogP contribution in [-0.4, -0.2) is 19.2 Å².